The molecular weight excluding hydrogens is 230 g/mol. The molecule has 1 aliphatic heterocycles. The van der Waals surface area contributed by atoms with E-state index in [4.69, 9.17) is 0 Å². The van der Waals surface area contributed by atoms with Crippen molar-refractivity contribution in [1.82, 2.24) is 10.6 Å². The lowest BCUT2D eigenvalue weighted by atomic mass is 10.1. The topological polar surface area (TPSA) is 70.2 Å². The first-order chi connectivity index (χ1) is 8.70. The summed E-state index contributed by atoms with van der Waals surface area (Å²) in [6.45, 7) is 3.25. The lowest BCUT2D eigenvalue weighted by Crippen LogP contribution is -2.36. The van der Waals surface area contributed by atoms with Gasteiger partial charge in [0.25, 0.3) is 5.91 Å². The standard InChI is InChI=1S/C13H17N3O2/c1-2-14-11-6-4-3-5-10(11)13(18)16-9-7-12(17)15-8-9/h3-6,9,14H,2,7-8H2,1H3,(H,15,17)(H,16,18). The molecule has 3 N–H and O–H groups in total. The van der Waals surface area contributed by atoms with Gasteiger partial charge in [-0.3, -0.25) is 9.59 Å². The van der Waals surface area contributed by atoms with Crippen LogP contribution in [0.1, 0.15) is 23.7 Å². The van der Waals surface area contributed by atoms with Gasteiger partial charge in [0.15, 0.2) is 0 Å². The molecule has 1 atom stereocenters. The summed E-state index contributed by atoms with van der Waals surface area (Å²) in [4.78, 5) is 23.2. The third-order valence-electron chi connectivity index (χ3n) is 2.85. The molecule has 0 bridgehead atoms. The second-order valence-corrected chi connectivity index (χ2v) is 4.25. The van der Waals surface area contributed by atoms with Crippen LogP contribution < -0.4 is 16.0 Å². The molecular formula is C13H17N3O2. The summed E-state index contributed by atoms with van der Waals surface area (Å²) in [5.74, 6) is -0.159. The monoisotopic (exact) mass is 247 g/mol. The highest BCUT2D eigenvalue weighted by Gasteiger charge is 2.23. The van der Waals surface area contributed by atoms with E-state index in [-0.39, 0.29) is 17.9 Å². The highest BCUT2D eigenvalue weighted by atomic mass is 16.2. The summed E-state index contributed by atoms with van der Waals surface area (Å²) in [5.41, 5.74) is 1.42. The van der Waals surface area contributed by atoms with Crippen molar-refractivity contribution in [1.29, 1.82) is 0 Å². The average molecular weight is 247 g/mol. The summed E-state index contributed by atoms with van der Waals surface area (Å²) in [6, 6.07) is 7.25. The number of carbonyl (C=O) groups is 2. The molecule has 1 aromatic carbocycles. The minimum Gasteiger partial charge on any atom is -0.385 e. The van der Waals surface area contributed by atoms with E-state index < -0.39 is 0 Å². The van der Waals surface area contributed by atoms with Gasteiger partial charge in [-0.15, -0.1) is 0 Å². The zero-order valence-electron chi connectivity index (χ0n) is 10.3. The molecule has 1 aliphatic rings. The SMILES string of the molecule is CCNc1ccccc1C(=O)NC1CNC(=O)C1. The molecule has 1 heterocycles. The number of anilines is 1. The lowest BCUT2D eigenvalue weighted by Gasteiger charge is -2.13. The maximum atomic E-state index is 12.1. The first kappa shape index (κ1) is 12.4. The summed E-state index contributed by atoms with van der Waals surface area (Å²) in [6.07, 6.45) is 0.356. The number of hydrogen-bond acceptors (Lipinski definition) is 3. The van der Waals surface area contributed by atoms with Gasteiger partial charge in [-0.2, -0.15) is 0 Å². The van der Waals surface area contributed by atoms with E-state index in [0.717, 1.165) is 12.2 Å². The Kier molecular flexibility index (Phi) is 3.82. The fourth-order valence-corrected chi connectivity index (χ4v) is 2.00. The van der Waals surface area contributed by atoms with Crippen LogP contribution in [0.5, 0.6) is 0 Å². The number of amides is 2. The molecule has 96 valence electrons. The quantitative estimate of drug-likeness (QED) is 0.735. The zero-order valence-corrected chi connectivity index (χ0v) is 10.3. The summed E-state index contributed by atoms with van der Waals surface area (Å²) in [5, 5.41) is 8.71. The van der Waals surface area contributed by atoms with E-state index in [1.165, 1.54) is 0 Å². The van der Waals surface area contributed by atoms with E-state index in [1.807, 2.05) is 25.1 Å². The van der Waals surface area contributed by atoms with E-state index >= 15 is 0 Å². The smallest absolute Gasteiger partial charge is 0.253 e. The third-order valence-corrected chi connectivity index (χ3v) is 2.85. The first-order valence-electron chi connectivity index (χ1n) is 6.11. The van der Waals surface area contributed by atoms with Crippen LogP contribution >= 0.6 is 0 Å². The van der Waals surface area contributed by atoms with Crippen molar-refractivity contribution >= 4 is 17.5 Å². The molecule has 2 amide bonds. The van der Waals surface area contributed by atoms with Crippen LogP contribution in [0.25, 0.3) is 0 Å². The van der Waals surface area contributed by atoms with E-state index in [1.54, 1.807) is 6.07 Å². The maximum absolute atomic E-state index is 12.1. The predicted octanol–water partition coefficient (Wildman–Crippen LogP) is 0.737. The Balaban J connectivity index is 2.06. The van der Waals surface area contributed by atoms with Crippen molar-refractivity contribution in [2.24, 2.45) is 0 Å². The molecule has 2 rings (SSSR count). The van der Waals surface area contributed by atoms with Crippen LogP contribution in [0.4, 0.5) is 5.69 Å². The molecule has 18 heavy (non-hydrogen) atoms. The van der Waals surface area contributed by atoms with Crippen LogP contribution in [-0.2, 0) is 4.79 Å². The Morgan fingerprint density at radius 2 is 2.22 bits per heavy atom. The molecule has 1 aromatic rings. The van der Waals surface area contributed by atoms with Crippen LogP contribution in [-0.4, -0.2) is 30.9 Å². The number of rotatable bonds is 4. The zero-order chi connectivity index (χ0) is 13.0. The largest absolute Gasteiger partial charge is 0.385 e. The molecule has 1 unspecified atom stereocenters. The number of nitrogens with one attached hydrogen (secondary N) is 3. The molecule has 0 aliphatic carbocycles. The third kappa shape index (κ3) is 2.80. The Bertz CT molecular complexity index is 459. The van der Waals surface area contributed by atoms with Crippen LogP contribution in [0.2, 0.25) is 0 Å². The Morgan fingerprint density at radius 1 is 1.44 bits per heavy atom. The molecule has 0 spiro atoms. The summed E-state index contributed by atoms with van der Waals surface area (Å²) < 4.78 is 0. The highest BCUT2D eigenvalue weighted by Crippen LogP contribution is 2.15. The number of hydrogen-bond donors (Lipinski definition) is 3. The minimum absolute atomic E-state index is 0.0136. The van der Waals surface area contributed by atoms with Crippen molar-refractivity contribution in [3.63, 3.8) is 0 Å². The molecule has 5 heteroatoms. The molecule has 0 aromatic heterocycles. The second kappa shape index (κ2) is 5.53. The van der Waals surface area contributed by atoms with Crippen molar-refractivity contribution in [2.75, 3.05) is 18.4 Å². The molecule has 1 fully saturated rings. The summed E-state index contributed by atoms with van der Waals surface area (Å²) in [7, 11) is 0. The van der Waals surface area contributed by atoms with E-state index in [0.29, 0.717) is 18.5 Å². The lowest BCUT2D eigenvalue weighted by molar-refractivity contribution is -0.119. The Morgan fingerprint density at radius 3 is 2.89 bits per heavy atom. The summed E-state index contributed by atoms with van der Waals surface area (Å²) >= 11 is 0. The Labute approximate surface area is 106 Å². The number of carbonyl (C=O) groups excluding carboxylic acids is 2. The molecule has 1 saturated heterocycles. The van der Waals surface area contributed by atoms with Crippen molar-refractivity contribution in [2.45, 2.75) is 19.4 Å². The van der Waals surface area contributed by atoms with Gasteiger partial charge in [0.1, 0.15) is 0 Å². The van der Waals surface area contributed by atoms with Gasteiger partial charge in [0, 0.05) is 25.2 Å². The van der Waals surface area contributed by atoms with Crippen molar-refractivity contribution < 1.29 is 9.59 Å². The fourth-order valence-electron chi connectivity index (χ4n) is 2.00. The van der Waals surface area contributed by atoms with Crippen LogP contribution in [0.3, 0.4) is 0 Å². The van der Waals surface area contributed by atoms with Gasteiger partial charge in [-0.1, -0.05) is 12.1 Å². The Hall–Kier alpha value is -2.04. The molecule has 0 saturated carbocycles. The van der Waals surface area contributed by atoms with E-state index in [9.17, 15) is 9.59 Å². The van der Waals surface area contributed by atoms with Crippen LogP contribution in [0.15, 0.2) is 24.3 Å². The predicted molar refractivity (Wildman–Crippen MR) is 69.5 cm³/mol. The molecule has 0 radical (unpaired) electrons. The number of benzene rings is 1. The maximum Gasteiger partial charge on any atom is 0.253 e. The minimum atomic E-state index is -0.145. The van der Waals surface area contributed by atoms with Crippen molar-refractivity contribution in [3.05, 3.63) is 29.8 Å². The van der Waals surface area contributed by atoms with Gasteiger partial charge in [0.05, 0.1) is 11.6 Å². The fraction of sp³-hybridized carbons (Fsp3) is 0.385. The second-order valence-electron chi connectivity index (χ2n) is 4.25. The average Bonchev–Trinajstić information content (AvgIpc) is 2.76. The van der Waals surface area contributed by atoms with Gasteiger partial charge < -0.3 is 16.0 Å². The highest BCUT2D eigenvalue weighted by molar-refractivity contribution is 6.00. The first-order valence-corrected chi connectivity index (χ1v) is 6.11. The van der Waals surface area contributed by atoms with E-state index in [2.05, 4.69) is 16.0 Å². The van der Waals surface area contributed by atoms with Gasteiger partial charge in [0.2, 0.25) is 5.91 Å². The molecule has 5 nitrogen and oxygen atoms in total. The van der Waals surface area contributed by atoms with Gasteiger partial charge in [-0.05, 0) is 19.1 Å². The normalized spacial score (nSPS) is 18.3. The number of para-hydroxylation sites is 1. The van der Waals surface area contributed by atoms with Crippen molar-refractivity contribution in [3.8, 4) is 0 Å². The van der Waals surface area contributed by atoms with Gasteiger partial charge >= 0.3 is 0 Å². The van der Waals surface area contributed by atoms with Gasteiger partial charge in [-0.25, -0.2) is 0 Å². The van der Waals surface area contributed by atoms with Crippen LogP contribution in [0, 0.1) is 0 Å².